The molecule has 0 heterocycles. The molecule has 1 rings (SSSR count). The Kier molecular flexibility index (Phi) is 4.19. The van der Waals surface area contributed by atoms with Gasteiger partial charge in [-0.15, -0.1) is 0 Å². The van der Waals surface area contributed by atoms with Crippen LogP contribution in [0.1, 0.15) is 46.1 Å². The van der Waals surface area contributed by atoms with Crippen LogP contribution < -0.4 is 4.74 Å². The minimum Gasteiger partial charge on any atom is -0.494 e. The van der Waals surface area contributed by atoms with E-state index in [-0.39, 0.29) is 5.41 Å². The third-order valence-corrected chi connectivity index (χ3v) is 2.47. The number of unbranched alkanes of at least 4 members (excludes halogenated alkanes) is 1. The molecule has 15 heavy (non-hydrogen) atoms. The molecule has 1 aromatic carbocycles. The van der Waals surface area contributed by atoms with Crippen LogP contribution in [0.15, 0.2) is 24.3 Å². The van der Waals surface area contributed by atoms with E-state index in [9.17, 15) is 0 Å². The molecule has 1 heteroatoms. The molecule has 0 aliphatic carbocycles. The summed E-state index contributed by atoms with van der Waals surface area (Å²) in [5.74, 6) is 0.996. The standard InChI is InChI=1S/C14H22O/c1-5-6-10-15-13-9-7-8-12(11-13)14(2,3)4/h7-9,11H,5-6,10H2,1-4H3. The zero-order chi connectivity index (χ0) is 11.3. The maximum absolute atomic E-state index is 5.68. The highest BCUT2D eigenvalue weighted by Gasteiger charge is 2.13. The van der Waals surface area contributed by atoms with Gasteiger partial charge in [0.05, 0.1) is 6.61 Å². The predicted molar refractivity (Wildman–Crippen MR) is 65.5 cm³/mol. The Morgan fingerprint density at radius 3 is 2.53 bits per heavy atom. The van der Waals surface area contributed by atoms with E-state index in [4.69, 9.17) is 4.74 Å². The van der Waals surface area contributed by atoms with Crippen molar-refractivity contribution in [2.45, 2.75) is 46.0 Å². The molecule has 1 nitrogen and oxygen atoms in total. The first kappa shape index (κ1) is 12.1. The first-order chi connectivity index (χ1) is 7.04. The molecular formula is C14H22O. The zero-order valence-corrected chi connectivity index (χ0v) is 10.3. The molecule has 0 unspecified atom stereocenters. The quantitative estimate of drug-likeness (QED) is 0.672. The Hall–Kier alpha value is -0.980. The van der Waals surface area contributed by atoms with E-state index in [0.29, 0.717) is 0 Å². The topological polar surface area (TPSA) is 9.23 Å². The van der Waals surface area contributed by atoms with Crippen LogP contribution in [0.4, 0.5) is 0 Å². The van der Waals surface area contributed by atoms with E-state index in [0.717, 1.165) is 18.8 Å². The lowest BCUT2D eigenvalue weighted by molar-refractivity contribution is 0.308. The van der Waals surface area contributed by atoms with Gasteiger partial charge >= 0.3 is 0 Å². The third-order valence-electron chi connectivity index (χ3n) is 2.47. The molecule has 0 aromatic heterocycles. The largest absolute Gasteiger partial charge is 0.494 e. The average Bonchev–Trinajstić information content (AvgIpc) is 2.17. The molecule has 0 radical (unpaired) electrons. The maximum Gasteiger partial charge on any atom is 0.119 e. The van der Waals surface area contributed by atoms with Crippen molar-refractivity contribution in [2.75, 3.05) is 6.61 Å². The van der Waals surface area contributed by atoms with Crippen molar-refractivity contribution >= 4 is 0 Å². The van der Waals surface area contributed by atoms with Crippen LogP contribution in [0.25, 0.3) is 0 Å². The summed E-state index contributed by atoms with van der Waals surface area (Å²) in [6.07, 6.45) is 2.30. The fourth-order valence-corrected chi connectivity index (χ4v) is 1.39. The number of hydrogen-bond donors (Lipinski definition) is 0. The van der Waals surface area contributed by atoms with E-state index < -0.39 is 0 Å². The number of rotatable bonds is 4. The van der Waals surface area contributed by atoms with Crippen molar-refractivity contribution in [3.63, 3.8) is 0 Å². The Labute approximate surface area is 93.5 Å². The highest BCUT2D eigenvalue weighted by Crippen LogP contribution is 2.25. The minimum atomic E-state index is 0.199. The van der Waals surface area contributed by atoms with Gasteiger partial charge in [0, 0.05) is 0 Å². The summed E-state index contributed by atoms with van der Waals surface area (Å²) < 4.78 is 5.68. The van der Waals surface area contributed by atoms with Crippen molar-refractivity contribution in [3.05, 3.63) is 29.8 Å². The van der Waals surface area contributed by atoms with Crippen LogP contribution >= 0.6 is 0 Å². The van der Waals surface area contributed by atoms with Crippen LogP contribution in [0.2, 0.25) is 0 Å². The van der Waals surface area contributed by atoms with E-state index in [1.807, 2.05) is 6.07 Å². The van der Waals surface area contributed by atoms with E-state index >= 15 is 0 Å². The van der Waals surface area contributed by atoms with Crippen molar-refractivity contribution < 1.29 is 4.74 Å². The lowest BCUT2D eigenvalue weighted by Gasteiger charge is -2.19. The van der Waals surface area contributed by atoms with Gasteiger partial charge < -0.3 is 4.74 Å². The molecule has 0 saturated carbocycles. The highest BCUT2D eigenvalue weighted by atomic mass is 16.5. The molecule has 0 fully saturated rings. The van der Waals surface area contributed by atoms with Gasteiger partial charge in [-0.05, 0) is 29.5 Å². The normalized spacial score (nSPS) is 11.5. The fraction of sp³-hybridized carbons (Fsp3) is 0.571. The first-order valence-electron chi connectivity index (χ1n) is 5.77. The molecule has 0 amide bonds. The molecule has 0 aliphatic heterocycles. The molecule has 0 N–H and O–H groups in total. The molecule has 0 bridgehead atoms. The Morgan fingerprint density at radius 2 is 1.93 bits per heavy atom. The second-order valence-electron chi connectivity index (χ2n) is 4.98. The lowest BCUT2D eigenvalue weighted by atomic mass is 9.87. The van der Waals surface area contributed by atoms with Crippen molar-refractivity contribution in [2.24, 2.45) is 0 Å². The van der Waals surface area contributed by atoms with Crippen LogP contribution in [0.3, 0.4) is 0 Å². The zero-order valence-electron chi connectivity index (χ0n) is 10.3. The van der Waals surface area contributed by atoms with Crippen LogP contribution in [0.5, 0.6) is 5.75 Å². The van der Waals surface area contributed by atoms with Crippen molar-refractivity contribution in [3.8, 4) is 5.75 Å². The molecule has 0 spiro atoms. The van der Waals surface area contributed by atoms with E-state index in [1.165, 1.54) is 12.0 Å². The minimum absolute atomic E-state index is 0.199. The maximum atomic E-state index is 5.68. The molecule has 0 aliphatic rings. The number of ether oxygens (including phenoxy) is 1. The van der Waals surface area contributed by atoms with Gasteiger partial charge in [-0.2, -0.15) is 0 Å². The second kappa shape index (κ2) is 5.20. The van der Waals surface area contributed by atoms with Gasteiger partial charge in [0.25, 0.3) is 0 Å². The SMILES string of the molecule is CCCCOc1cccc(C(C)(C)C)c1. The molecule has 0 saturated heterocycles. The summed E-state index contributed by atoms with van der Waals surface area (Å²) in [6, 6.07) is 8.41. The summed E-state index contributed by atoms with van der Waals surface area (Å²) in [5.41, 5.74) is 1.53. The summed E-state index contributed by atoms with van der Waals surface area (Å²) in [6.45, 7) is 9.66. The van der Waals surface area contributed by atoms with Crippen molar-refractivity contribution in [1.82, 2.24) is 0 Å². The predicted octanol–water partition coefficient (Wildman–Crippen LogP) is 4.16. The molecule has 0 atom stereocenters. The van der Waals surface area contributed by atoms with Gasteiger partial charge in [-0.25, -0.2) is 0 Å². The second-order valence-corrected chi connectivity index (χ2v) is 4.98. The summed E-state index contributed by atoms with van der Waals surface area (Å²) in [7, 11) is 0. The van der Waals surface area contributed by atoms with Crippen molar-refractivity contribution in [1.29, 1.82) is 0 Å². The average molecular weight is 206 g/mol. The Morgan fingerprint density at radius 1 is 1.20 bits per heavy atom. The molecular weight excluding hydrogens is 184 g/mol. The summed E-state index contributed by atoms with van der Waals surface area (Å²) in [4.78, 5) is 0. The lowest BCUT2D eigenvalue weighted by Crippen LogP contribution is -2.11. The van der Waals surface area contributed by atoms with Gasteiger partial charge in [0.15, 0.2) is 0 Å². The van der Waals surface area contributed by atoms with Gasteiger partial charge in [-0.1, -0.05) is 46.2 Å². The van der Waals surface area contributed by atoms with Crippen LogP contribution in [-0.4, -0.2) is 6.61 Å². The Bertz CT molecular complexity index is 296. The third kappa shape index (κ3) is 3.94. The van der Waals surface area contributed by atoms with E-state index in [2.05, 4.69) is 45.9 Å². The summed E-state index contributed by atoms with van der Waals surface area (Å²) >= 11 is 0. The van der Waals surface area contributed by atoms with E-state index in [1.54, 1.807) is 0 Å². The number of hydrogen-bond acceptors (Lipinski definition) is 1. The number of benzene rings is 1. The first-order valence-corrected chi connectivity index (χ1v) is 5.77. The van der Waals surface area contributed by atoms with Gasteiger partial charge in [0.2, 0.25) is 0 Å². The smallest absolute Gasteiger partial charge is 0.119 e. The highest BCUT2D eigenvalue weighted by molar-refractivity contribution is 5.32. The fourth-order valence-electron chi connectivity index (χ4n) is 1.39. The van der Waals surface area contributed by atoms with Gasteiger partial charge in [-0.3, -0.25) is 0 Å². The molecule has 84 valence electrons. The van der Waals surface area contributed by atoms with Gasteiger partial charge in [0.1, 0.15) is 5.75 Å². The molecule has 1 aromatic rings. The monoisotopic (exact) mass is 206 g/mol. The van der Waals surface area contributed by atoms with Crippen LogP contribution in [0, 0.1) is 0 Å². The van der Waals surface area contributed by atoms with Crippen LogP contribution in [-0.2, 0) is 5.41 Å². The Balaban J connectivity index is 2.66. The summed E-state index contributed by atoms with van der Waals surface area (Å²) in [5, 5.41) is 0.